The Hall–Kier alpha value is -2.14. The number of aromatic nitrogens is 2. The van der Waals surface area contributed by atoms with Crippen molar-refractivity contribution in [1.29, 1.82) is 0 Å². The van der Waals surface area contributed by atoms with Gasteiger partial charge in [-0.2, -0.15) is 5.10 Å². The maximum absolute atomic E-state index is 12.5. The monoisotopic (exact) mass is 310 g/mol. The summed E-state index contributed by atoms with van der Waals surface area (Å²) in [6, 6.07) is 10.5. The molecule has 1 aromatic heterocycles. The number of amides is 1. The summed E-state index contributed by atoms with van der Waals surface area (Å²) in [7, 11) is 0. The van der Waals surface area contributed by atoms with E-state index in [1.165, 1.54) is 16.8 Å². The lowest BCUT2D eigenvalue weighted by atomic mass is 9.83. The van der Waals surface area contributed by atoms with Gasteiger partial charge in [-0.1, -0.05) is 24.3 Å². The minimum atomic E-state index is 0.0869. The fraction of sp³-hybridized carbons (Fsp3) is 0.444. The molecular weight excluding hydrogens is 288 g/mol. The maximum atomic E-state index is 12.5. The highest BCUT2D eigenvalue weighted by molar-refractivity contribution is 5.79. The van der Waals surface area contributed by atoms with Gasteiger partial charge in [0, 0.05) is 19.0 Å². The molecule has 0 radical (unpaired) electrons. The Labute approximate surface area is 136 Å². The number of hydrogen-bond donors (Lipinski definition) is 2. The van der Waals surface area contributed by atoms with Gasteiger partial charge in [-0.25, -0.2) is 0 Å². The van der Waals surface area contributed by atoms with E-state index in [1.807, 2.05) is 4.68 Å². The number of carbonyl (C=O) groups is 1. The van der Waals surface area contributed by atoms with Crippen molar-refractivity contribution in [2.45, 2.75) is 38.9 Å². The van der Waals surface area contributed by atoms with E-state index in [1.54, 1.807) is 0 Å². The molecule has 1 atom stereocenters. The van der Waals surface area contributed by atoms with Gasteiger partial charge in [0.15, 0.2) is 0 Å². The number of aryl methyl sites for hydroxylation is 1. The Bertz CT molecular complexity index is 698. The van der Waals surface area contributed by atoms with Crippen LogP contribution in [0.25, 0.3) is 0 Å². The van der Waals surface area contributed by atoms with E-state index in [-0.39, 0.29) is 11.8 Å². The summed E-state index contributed by atoms with van der Waals surface area (Å²) in [6.45, 7) is 3.25. The third-order valence-corrected chi connectivity index (χ3v) is 4.88. The van der Waals surface area contributed by atoms with Crippen LogP contribution in [-0.4, -0.2) is 22.2 Å². The number of carbonyl (C=O) groups excluding carboxylic acids is 1. The summed E-state index contributed by atoms with van der Waals surface area (Å²) in [5.74, 6) is 0.243. The van der Waals surface area contributed by atoms with Gasteiger partial charge in [0.1, 0.15) is 0 Å². The number of nitrogens with one attached hydrogen (secondary N) is 2. The second kappa shape index (κ2) is 6.16. The van der Waals surface area contributed by atoms with Crippen LogP contribution in [-0.2, 0) is 37.3 Å². The molecule has 0 saturated carbocycles. The zero-order valence-corrected chi connectivity index (χ0v) is 13.2. The molecule has 120 valence electrons. The van der Waals surface area contributed by atoms with Gasteiger partial charge >= 0.3 is 0 Å². The first kappa shape index (κ1) is 14.5. The molecule has 5 heteroatoms. The van der Waals surface area contributed by atoms with Crippen LogP contribution in [0.3, 0.4) is 0 Å². The molecule has 1 aromatic carbocycles. The summed E-state index contributed by atoms with van der Waals surface area (Å²) < 4.78 is 2.04. The Morgan fingerprint density at radius 1 is 1.35 bits per heavy atom. The molecule has 2 aromatic rings. The first-order chi connectivity index (χ1) is 11.3. The highest BCUT2D eigenvalue weighted by Gasteiger charge is 2.24. The summed E-state index contributed by atoms with van der Waals surface area (Å²) in [5, 5.41) is 11.0. The van der Waals surface area contributed by atoms with E-state index < -0.39 is 0 Å². The molecule has 4 rings (SSSR count). The minimum Gasteiger partial charge on any atom is -0.350 e. The van der Waals surface area contributed by atoms with Crippen molar-refractivity contribution in [3.05, 3.63) is 52.8 Å². The third kappa shape index (κ3) is 3.01. The van der Waals surface area contributed by atoms with Crippen molar-refractivity contribution >= 4 is 5.91 Å². The quantitative estimate of drug-likeness (QED) is 0.901. The van der Waals surface area contributed by atoms with Crippen LogP contribution in [0.2, 0.25) is 0 Å². The third-order valence-electron chi connectivity index (χ3n) is 4.88. The van der Waals surface area contributed by atoms with Gasteiger partial charge in [0.05, 0.1) is 24.5 Å². The Morgan fingerprint density at radius 2 is 2.22 bits per heavy atom. The predicted octanol–water partition coefficient (Wildman–Crippen LogP) is 1.41. The van der Waals surface area contributed by atoms with E-state index in [9.17, 15) is 4.79 Å². The van der Waals surface area contributed by atoms with E-state index in [4.69, 9.17) is 0 Å². The molecule has 2 aliphatic rings. The van der Waals surface area contributed by atoms with Crippen LogP contribution < -0.4 is 10.6 Å². The summed E-state index contributed by atoms with van der Waals surface area (Å²) in [6.07, 6.45) is 2.79. The van der Waals surface area contributed by atoms with E-state index >= 15 is 0 Å². The number of nitrogens with zero attached hydrogens (tertiary/aromatic N) is 2. The average molecular weight is 310 g/mol. The second-order valence-electron chi connectivity index (χ2n) is 6.45. The van der Waals surface area contributed by atoms with Crippen molar-refractivity contribution in [3.8, 4) is 0 Å². The fourth-order valence-corrected chi connectivity index (χ4v) is 3.58. The zero-order valence-electron chi connectivity index (χ0n) is 13.2. The van der Waals surface area contributed by atoms with Gasteiger partial charge in [-0.3, -0.25) is 9.48 Å². The minimum absolute atomic E-state index is 0.0869. The standard InChI is InChI=1S/C18H22N4O/c23-18(15-6-5-13-3-1-2-4-14(13)9-15)20-11-16-10-17-12-19-7-8-22(17)21-16/h1-4,10,15,19H,5-9,11-12H2,(H,20,23)/t15-/m0/s1. The molecule has 2 heterocycles. The summed E-state index contributed by atoms with van der Waals surface area (Å²) in [4.78, 5) is 12.5. The number of fused-ring (bicyclic) bond motifs is 2. The van der Waals surface area contributed by atoms with E-state index in [0.717, 1.165) is 44.6 Å². The normalized spacial score (nSPS) is 19.7. The van der Waals surface area contributed by atoms with Crippen LogP contribution in [0.1, 0.15) is 28.9 Å². The lowest BCUT2D eigenvalue weighted by Gasteiger charge is -2.23. The largest absolute Gasteiger partial charge is 0.350 e. The lowest BCUT2D eigenvalue weighted by Crippen LogP contribution is -2.33. The van der Waals surface area contributed by atoms with Crippen LogP contribution >= 0.6 is 0 Å². The second-order valence-corrected chi connectivity index (χ2v) is 6.45. The predicted molar refractivity (Wildman–Crippen MR) is 87.7 cm³/mol. The molecule has 1 aliphatic heterocycles. The van der Waals surface area contributed by atoms with Gasteiger partial charge in [-0.05, 0) is 36.5 Å². The highest BCUT2D eigenvalue weighted by atomic mass is 16.1. The van der Waals surface area contributed by atoms with Crippen molar-refractivity contribution in [1.82, 2.24) is 20.4 Å². The Balaban J connectivity index is 1.36. The van der Waals surface area contributed by atoms with Crippen molar-refractivity contribution in [2.24, 2.45) is 5.92 Å². The first-order valence-corrected chi connectivity index (χ1v) is 8.40. The lowest BCUT2D eigenvalue weighted by molar-refractivity contribution is -0.125. The zero-order chi connectivity index (χ0) is 15.6. The molecular formula is C18H22N4O. The van der Waals surface area contributed by atoms with Crippen molar-refractivity contribution in [3.63, 3.8) is 0 Å². The van der Waals surface area contributed by atoms with Crippen LogP contribution in [0, 0.1) is 5.92 Å². The van der Waals surface area contributed by atoms with Crippen LogP contribution in [0.5, 0.6) is 0 Å². The molecule has 23 heavy (non-hydrogen) atoms. The Kier molecular flexibility index (Phi) is 3.87. The molecule has 0 fully saturated rings. The van der Waals surface area contributed by atoms with E-state index in [2.05, 4.69) is 46.1 Å². The highest BCUT2D eigenvalue weighted by Crippen LogP contribution is 2.25. The van der Waals surface area contributed by atoms with Gasteiger partial charge in [-0.15, -0.1) is 0 Å². The first-order valence-electron chi connectivity index (χ1n) is 8.40. The van der Waals surface area contributed by atoms with Crippen molar-refractivity contribution < 1.29 is 4.79 Å². The molecule has 1 amide bonds. The van der Waals surface area contributed by atoms with Crippen LogP contribution in [0.15, 0.2) is 30.3 Å². The molecule has 2 N–H and O–H groups in total. The van der Waals surface area contributed by atoms with Gasteiger partial charge in [0.2, 0.25) is 5.91 Å². The molecule has 0 saturated heterocycles. The van der Waals surface area contributed by atoms with E-state index in [0.29, 0.717) is 6.54 Å². The Morgan fingerprint density at radius 3 is 3.09 bits per heavy atom. The van der Waals surface area contributed by atoms with Crippen molar-refractivity contribution in [2.75, 3.05) is 6.54 Å². The SMILES string of the molecule is O=C(NCc1cc2n(n1)CCNC2)[C@H]1CCc2ccccc2C1. The smallest absolute Gasteiger partial charge is 0.223 e. The number of hydrogen-bond acceptors (Lipinski definition) is 3. The molecule has 0 unspecified atom stereocenters. The van der Waals surface area contributed by atoms with Crippen LogP contribution in [0.4, 0.5) is 0 Å². The van der Waals surface area contributed by atoms with Gasteiger partial charge < -0.3 is 10.6 Å². The number of rotatable bonds is 3. The number of benzene rings is 1. The topological polar surface area (TPSA) is 59.0 Å². The molecule has 5 nitrogen and oxygen atoms in total. The van der Waals surface area contributed by atoms with Gasteiger partial charge in [0.25, 0.3) is 0 Å². The summed E-state index contributed by atoms with van der Waals surface area (Å²) in [5.41, 5.74) is 4.87. The molecule has 0 spiro atoms. The molecule has 1 aliphatic carbocycles. The fourth-order valence-electron chi connectivity index (χ4n) is 3.58. The summed E-state index contributed by atoms with van der Waals surface area (Å²) >= 11 is 0. The average Bonchev–Trinajstić information content (AvgIpc) is 3.02. The molecule has 0 bridgehead atoms. The maximum Gasteiger partial charge on any atom is 0.223 e.